The lowest BCUT2D eigenvalue weighted by Crippen LogP contribution is -2.51. The largest absolute Gasteiger partial charge is 0.365 e. The molecule has 1 saturated heterocycles. The van der Waals surface area contributed by atoms with Gasteiger partial charge in [0.2, 0.25) is 0 Å². The molecule has 0 saturated carbocycles. The summed E-state index contributed by atoms with van der Waals surface area (Å²) >= 11 is 6.49. The Morgan fingerprint density at radius 3 is 2.85 bits per heavy atom. The van der Waals surface area contributed by atoms with Gasteiger partial charge in [0.25, 0.3) is 0 Å². The van der Waals surface area contributed by atoms with E-state index in [1.807, 2.05) is 6.07 Å². The van der Waals surface area contributed by atoms with Crippen LogP contribution in [-0.2, 0) is 6.54 Å². The predicted octanol–water partition coefficient (Wildman–Crippen LogP) is 2.98. The molecule has 1 fully saturated rings. The molecule has 1 atom stereocenters. The molecule has 1 N–H and O–H groups in total. The molecular weight excluding hydrogens is 270 g/mol. The molecule has 0 aromatic heterocycles. The molecule has 0 amide bonds. The van der Waals surface area contributed by atoms with Crippen molar-refractivity contribution in [3.8, 4) is 0 Å². The molecule has 3 nitrogen and oxygen atoms in total. The molecule has 0 aliphatic carbocycles. The van der Waals surface area contributed by atoms with Gasteiger partial charge in [0, 0.05) is 32.2 Å². The summed E-state index contributed by atoms with van der Waals surface area (Å²) in [4.78, 5) is 4.85. The number of nitrogens with one attached hydrogen (secondary N) is 1. The van der Waals surface area contributed by atoms with Gasteiger partial charge in [-0.15, -0.1) is 0 Å². The van der Waals surface area contributed by atoms with Crippen LogP contribution in [0.25, 0.3) is 0 Å². The summed E-state index contributed by atoms with van der Waals surface area (Å²) in [7, 11) is 2.18. The van der Waals surface area contributed by atoms with Crippen LogP contribution in [0, 0.1) is 0 Å². The maximum atomic E-state index is 6.49. The Balaban J connectivity index is 2.20. The van der Waals surface area contributed by atoms with Crippen LogP contribution in [0.2, 0.25) is 5.02 Å². The minimum absolute atomic E-state index is 0.499. The zero-order valence-electron chi connectivity index (χ0n) is 12.8. The molecule has 1 aliphatic rings. The van der Waals surface area contributed by atoms with E-state index >= 15 is 0 Å². The van der Waals surface area contributed by atoms with E-state index in [1.165, 1.54) is 11.3 Å². The van der Waals surface area contributed by atoms with Gasteiger partial charge in [-0.05, 0) is 38.6 Å². The average molecular weight is 296 g/mol. The first-order valence-corrected chi connectivity index (χ1v) is 7.94. The lowest BCUT2D eigenvalue weighted by molar-refractivity contribution is 0.275. The van der Waals surface area contributed by atoms with Gasteiger partial charge in [-0.25, -0.2) is 0 Å². The number of benzene rings is 1. The monoisotopic (exact) mass is 295 g/mol. The Kier molecular flexibility index (Phi) is 5.70. The van der Waals surface area contributed by atoms with Crippen molar-refractivity contribution in [1.82, 2.24) is 10.2 Å². The highest BCUT2D eigenvalue weighted by Gasteiger charge is 2.25. The third kappa shape index (κ3) is 3.66. The van der Waals surface area contributed by atoms with Crippen LogP contribution in [0.15, 0.2) is 18.2 Å². The first-order chi connectivity index (χ1) is 9.63. The number of nitrogens with zero attached hydrogens (tertiary/aromatic N) is 2. The van der Waals surface area contributed by atoms with Crippen LogP contribution in [0.1, 0.15) is 25.8 Å². The van der Waals surface area contributed by atoms with Crippen molar-refractivity contribution in [1.29, 1.82) is 0 Å². The molecule has 2 rings (SSSR count). The molecule has 4 heteroatoms. The maximum absolute atomic E-state index is 6.49. The van der Waals surface area contributed by atoms with Crippen molar-refractivity contribution in [3.63, 3.8) is 0 Å². The Hall–Kier alpha value is -0.770. The number of hydrogen-bond donors (Lipinski definition) is 1. The van der Waals surface area contributed by atoms with Gasteiger partial charge in [-0.3, -0.25) is 0 Å². The zero-order valence-corrected chi connectivity index (χ0v) is 13.6. The third-order valence-corrected chi connectivity index (χ3v) is 4.24. The summed E-state index contributed by atoms with van der Waals surface area (Å²) in [6, 6.07) is 6.74. The number of rotatable bonds is 5. The second kappa shape index (κ2) is 7.30. The highest BCUT2D eigenvalue weighted by atomic mass is 35.5. The first kappa shape index (κ1) is 15.6. The third-order valence-electron chi connectivity index (χ3n) is 3.93. The van der Waals surface area contributed by atoms with Gasteiger partial charge in [-0.1, -0.05) is 30.7 Å². The van der Waals surface area contributed by atoms with E-state index in [2.05, 4.69) is 48.1 Å². The molecule has 1 unspecified atom stereocenters. The second-order valence-corrected chi connectivity index (χ2v) is 6.14. The fourth-order valence-electron chi connectivity index (χ4n) is 2.90. The molecule has 0 radical (unpaired) electrons. The van der Waals surface area contributed by atoms with Gasteiger partial charge in [-0.2, -0.15) is 0 Å². The van der Waals surface area contributed by atoms with Crippen LogP contribution in [0.3, 0.4) is 0 Å². The van der Waals surface area contributed by atoms with E-state index in [0.717, 1.165) is 44.2 Å². The number of halogens is 1. The van der Waals surface area contributed by atoms with E-state index in [9.17, 15) is 0 Å². The summed E-state index contributed by atoms with van der Waals surface area (Å²) in [5, 5.41) is 4.36. The number of piperazine rings is 1. The summed E-state index contributed by atoms with van der Waals surface area (Å²) in [6.07, 6.45) is 1.15. The van der Waals surface area contributed by atoms with E-state index in [-0.39, 0.29) is 0 Å². The maximum Gasteiger partial charge on any atom is 0.0643 e. The topological polar surface area (TPSA) is 18.5 Å². The number of hydrogen-bond acceptors (Lipinski definition) is 3. The summed E-state index contributed by atoms with van der Waals surface area (Å²) in [5.74, 6) is 0. The zero-order chi connectivity index (χ0) is 14.5. The number of likely N-dealkylation sites (N-methyl/N-ethyl adjacent to an activating group) is 1. The summed E-state index contributed by atoms with van der Waals surface area (Å²) < 4.78 is 0. The molecule has 1 aromatic rings. The standard InChI is InChI=1S/C16H26ClN3/c1-4-8-18-11-14-6-5-7-15(17)16(14)20-10-9-19(3)12-13(20)2/h5-7,13,18H,4,8-12H2,1-3H3. The van der Waals surface area contributed by atoms with Crippen LogP contribution < -0.4 is 10.2 Å². The average Bonchev–Trinajstić information content (AvgIpc) is 2.41. The Morgan fingerprint density at radius 1 is 1.35 bits per heavy atom. The molecule has 1 aliphatic heterocycles. The lowest BCUT2D eigenvalue weighted by Gasteiger charge is -2.41. The van der Waals surface area contributed by atoms with E-state index < -0.39 is 0 Å². The minimum Gasteiger partial charge on any atom is -0.365 e. The smallest absolute Gasteiger partial charge is 0.0643 e. The van der Waals surface area contributed by atoms with Gasteiger partial charge >= 0.3 is 0 Å². The highest BCUT2D eigenvalue weighted by Crippen LogP contribution is 2.32. The van der Waals surface area contributed by atoms with E-state index in [0.29, 0.717) is 6.04 Å². The molecule has 1 heterocycles. The minimum atomic E-state index is 0.499. The fraction of sp³-hybridized carbons (Fsp3) is 0.625. The van der Waals surface area contributed by atoms with Gasteiger partial charge in [0.1, 0.15) is 0 Å². The molecule has 20 heavy (non-hydrogen) atoms. The summed E-state index contributed by atoms with van der Waals surface area (Å²) in [6.45, 7) is 9.64. The molecule has 0 spiro atoms. The normalized spacial score (nSPS) is 20.4. The quantitative estimate of drug-likeness (QED) is 0.843. The van der Waals surface area contributed by atoms with E-state index in [4.69, 9.17) is 11.6 Å². The SMILES string of the molecule is CCCNCc1cccc(Cl)c1N1CCN(C)CC1C. The fourth-order valence-corrected chi connectivity index (χ4v) is 3.20. The van der Waals surface area contributed by atoms with Crippen molar-refractivity contribution in [3.05, 3.63) is 28.8 Å². The number of anilines is 1. The lowest BCUT2D eigenvalue weighted by atomic mass is 10.1. The molecular formula is C16H26ClN3. The molecule has 1 aromatic carbocycles. The van der Waals surface area contributed by atoms with Crippen molar-refractivity contribution in [2.24, 2.45) is 0 Å². The predicted molar refractivity (Wildman–Crippen MR) is 87.8 cm³/mol. The van der Waals surface area contributed by atoms with Gasteiger partial charge in [0.15, 0.2) is 0 Å². The van der Waals surface area contributed by atoms with Gasteiger partial charge < -0.3 is 15.1 Å². The number of para-hydroxylation sites is 1. The van der Waals surface area contributed by atoms with E-state index in [1.54, 1.807) is 0 Å². The van der Waals surface area contributed by atoms with Crippen molar-refractivity contribution >= 4 is 17.3 Å². The van der Waals surface area contributed by atoms with Crippen molar-refractivity contribution < 1.29 is 0 Å². The summed E-state index contributed by atoms with van der Waals surface area (Å²) in [5.41, 5.74) is 2.53. The van der Waals surface area contributed by atoms with Crippen LogP contribution >= 0.6 is 11.6 Å². The Bertz CT molecular complexity index is 436. The highest BCUT2D eigenvalue weighted by molar-refractivity contribution is 6.33. The molecule has 112 valence electrons. The van der Waals surface area contributed by atoms with Crippen molar-refractivity contribution in [2.75, 3.05) is 38.1 Å². The van der Waals surface area contributed by atoms with Crippen LogP contribution in [0.4, 0.5) is 5.69 Å². The van der Waals surface area contributed by atoms with Crippen molar-refractivity contribution in [2.45, 2.75) is 32.9 Å². The first-order valence-electron chi connectivity index (χ1n) is 7.56. The molecule has 0 bridgehead atoms. The van der Waals surface area contributed by atoms with Gasteiger partial charge in [0.05, 0.1) is 10.7 Å². The van der Waals surface area contributed by atoms with Crippen LogP contribution in [-0.4, -0.2) is 44.2 Å². The Labute approximate surface area is 127 Å². The Morgan fingerprint density at radius 2 is 2.15 bits per heavy atom. The second-order valence-electron chi connectivity index (χ2n) is 5.73. The van der Waals surface area contributed by atoms with Crippen LogP contribution in [0.5, 0.6) is 0 Å².